The number of carboxylic acid groups (broad SMARTS) is 1. The van der Waals surface area contributed by atoms with E-state index in [0.29, 0.717) is 17.9 Å². The van der Waals surface area contributed by atoms with Gasteiger partial charge in [-0.3, -0.25) is 4.79 Å². The van der Waals surface area contributed by atoms with Gasteiger partial charge in [0.15, 0.2) is 0 Å². The quantitative estimate of drug-likeness (QED) is 0.0934. The van der Waals surface area contributed by atoms with E-state index in [-0.39, 0.29) is 16.7 Å². The van der Waals surface area contributed by atoms with Crippen molar-refractivity contribution in [1.82, 2.24) is 0 Å². The van der Waals surface area contributed by atoms with Crippen LogP contribution in [0.3, 0.4) is 0 Å². The Labute approximate surface area is 325 Å². The standard InChI is InChI=1S/C26H38O2.C21H42O2S/c1-10-11-18(19-12-16(2)14-21(23(19)27)25(4,5)6)20-13-17(3)15-22(24(20)28)26(7,8)9;1-2-3-4-5-6-7-8-9-10-11-12-13-14-15-16-17-19-24-20-18-21(22)23/h12-15,18,27-28H,10-11H2,1-9H3;2-20H2,1H3,(H,22,23). The molecule has 0 aliphatic rings. The summed E-state index contributed by atoms with van der Waals surface area (Å²) in [7, 11) is 0. The third-order valence-corrected chi connectivity index (χ3v) is 11.2. The molecule has 2 rings (SSSR count). The number of rotatable bonds is 24. The van der Waals surface area contributed by atoms with Gasteiger partial charge >= 0.3 is 5.97 Å². The Morgan fingerprint density at radius 3 is 1.27 bits per heavy atom. The minimum atomic E-state index is -0.672. The maximum Gasteiger partial charge on any atom is 0.304 e. The van der Waals surface area contributed by atoms with Gasteiger partial charge in [0.1, 0.15) is 11.5 Å². The van der Waals surface area contributed by atoms with Gasteiger partial charge in [0.05, 0.1) is 6.42 Å². The molecular weight excluding hydrogens is 661 g/mol. The number of aliphatic carboxylic acids is 1. The molecule has 4 nitrogen and oxygen atoms in total. The van der Waals surface area contributed by atoms with E-state index < -0.39 is 5.97 Å². The smallest absolute Gasteiger partial charge is 0.304 e. The normalized spacial score (nSPS) is 11.9. The molecule has 0 spiro atoms. The van der Waals surface area contributed by atoms with Gasteiger partial charge in [-0.15, -0.1) is 0 Å². The zero-order valence-corrected chi connectivity index (χ0v) is 36.2. The molecule has 0 saturated carbocycles. The highest BCUT2D eigenvalue weighted by atomic mass is 32.2. The van der Waals surface area contributed by atoms with Gasteiger partial charge in [0.2, 0.25) is 0 Å². The summed E-state index contributed by atoms with van der Waals surface area (Å²) < 4.78 is 0. The molecule has 52 heavy (non-hydrogen) atoms. The molecule has 298 valence electrons. The predicted molar refractivity (Wildman–Crippen MR) is 229 cm³/mol. The van der Waals surface area contributed by atoms with Crippen LogP contribution in [-0.2, 0) is 15.6 Å². The lowest BCUT2D eigenvalue weighted by Crippen LogP contribution is -2.15. The second-order valence-corrected chi connectivity index (χ2v) is 18.6. The molecule has 2 aromatic carbocycles. The fourth-order valence-electron chi connectivity index (χ4n) is 7.07. The highest BCUT2D eigenvalue weighted by Crippen LogP contribution is 2.46. The van der Waals surface area contributed by atoms with Crippen molar-refractivity contribution in [2.45, 2.75) is 208 Å². The van der Waals surface area contributed by atoms with Crippen LogP contribution in [0.1, 0.15) is 217 Å². The first-order valence-electron chi connectivity index (χ1n) is 21.0. The van der Waals surface area contributed by atoms with Gasteiger partial charge < -0.3 is 15.3 Å². The molecule has 3 N–H and O–H groups in total. The number of carbonyl (C=O) groups is 1. The Morgan fingerprint density at radius 2 is 0.942 bits per heavy atom. The third kappa shape index (κ3) is 19.3. The van der Waals surface area contributed by atoms with Crippen LogP contribution in [0.15, 0.2) is 24.3 Å². The molecule has 0 aromatic heterocycles. The molecule has 2 aromatic rings. The van der Waals surface area contributed by atoms with E-state index in [2.05, 4.69) is 93.5 Å². The van der Waals surface area contributed by atoms with E-state index in [9.17, 15) is 15.0 Å². The van der Waals surface area contributed by atoms with E-state index in [0.717, 1.165) is 57.7 Å². The van der Waals surface area contributed by atoms with Crippen molar-refractivity contribution >= 4 is 17.7 Å². The molecule has 0 radical (unpaired) electrons. The number of aryl methyl sites for hydroxylation is 2. The second kappa shape index (κ2) is 25.8. The van der Waals surface area contributed by atoms with Gasteiger partial charge in [0, 0.05) is 22.8 Å². The highest BCUT2D eigenvalue weighted by Gasteiger charge is 2.29. The van der Waals surface area contributed by atoms with Gasteiger partial charge in [0.25, 0.3) is 0 Å². The summed E-state index contributed by atoms with van der Waals surface area (Å²) in [6.45, 7) is 21.4. The summed E-state index contributed by atoms with van der Waals surface area (Å²) in [6, 6.07) is 8.34. The van der Waals surface area contributed by atoms with Crippen LogP contribution in [0, 0.1) is 13.8 Å². The lowest BCUT2D eigenvalue weighted by atomic mass is 9.77. The Kier molecular flexibility index (Phi) is 23.8. The molecule has 0 unspecified atom stereocenters. The third-order valence-electron chi connectivity index (χ3n) is 10.1. The first kappa shape index (κ1) is 47.9. The largest absolute Gasteiger partial charge is 0.507 e. The van der Waals surface area contributed by atoms with Crippen molar-refractivity contribution in [3.05, 3.63) is 57.6 Å². The number of unbranched alkanes of at least 4 members (excludes halogenated alkanes) is 15. The van der Waals surface area contributed by atoms with Crippen molar-refractivity contribution in [2.24, 2.45) is 0 Å². The van der Waals surface area contributed by atoms with Crippen LogP contribution >= 0.6 is 11.8 Å². The molecule has 0 aliphatic carbocycles. The molecule has 0 bridgehead atoms. The topological polar surface area (TPSA) is 77.8 Å². The molecule has 0 heterocycles. The molecule has 0 fully saturated rings. The Bertz CT molecular complexity index is 1200. The minimum Gasteiger partial charge on any atom is -0.507 e. The number of aromatic hydroxyl groups is 2. The number of hydrogen-bond donors (Lipinski definition) is 3. The van der Waals surface area contributed by atoms with Gasteiger partial charge in [-0.1, -0.05) is 194 Å². The van der Waals surface area contributed by atoms with E-state index in [1.54, 1.807) is 11.8 Å². The number of benzene rings is 2. The molecular formula is C47H80O4S. The average Bonchev–Trinajstić information content (AvgIpc) is 3.06. The van der Waals surface area contributed by atoms with Crippen LogP contribution in [0.2, 0.25) is 0 Å². The van der Waals surface area contributed by atoms with Crippen LogP contribution in [-0.4, -0.2) is 32.8 Å². The van der Waals surface area contributed by atoms with E-state index in [1.807, 2.05) is 0 Å². The number of phenolic OH excluding ortho intramolecular Hbond substituents is 2. The van der Waals surface area contributed by atoms with E-state index >= 15 is 0 Å². The monoisotopic (exact) mass is 741 g/mol. The van der Waals surface area contributed by atoms with E-state index in [1.165, 1.54) is 103 Å². The summed E-state index contributed by atoms with van der Waals surface area (Å²) in [5.74, 6) is 1.94. The lowest BCUT2D eigenvalue weighted by molar-refractivity contribution is -0.136. The first-order chi connectivity index (χ1) is 24.5. The Morgan fingerprint density at radius 1 is 0.577 bits per heavy atom. The molecule has 0 aliphatic heterocycles. The van der Waals surface area contributed by atoms with E-state index in [4.69, 9.17) is 5.11 Å². The van der Waals surface area contributed by atoms with Crippen LogP contribution < -0.4 is 0 Å². The van der Waals surface area contributed by atoms with Crippen LogP contribution in [0.25, 0.3) is 0 Å². The maximum atomic E-state index is 11.2. The SMILES string of the molecule is CCCC(c1cc(C)cc(C(C)(C)C)c1O)c1cc(C)cc(C(C)(C)C)c1O.CCCCCCCCCCCCCCCCCCSCCC(=O)O. The van der Waals surface area contributed by atoms with Gasteiger partial charge in [-0.2, -0.15) is 11.8 Å². The fraction of sp³-hybridized carbons (Fsp3) is 0.723. The Balaban J connectivity index is 0.000000528. The number of phenols is 2. The van der Waals surface area contributed by atoms with Crippen LogP contribution in [0.5, 0.6) is 11.5 Å². The average molecular weight is 741 g/mol. The summed E-state index contributed by atoms with van der Waals surface area (Å²) in [4.78, 5) is 10.4. The summed E-state index contributed by atoms with van der Waals surface area (Å²) in [5, 5.41) is 31.0. The van der Waals surface area contributed by atoms with Gasteiger partial charge in [-0.25, -0.2) is 0 Å². The van der Waals surface area contributed by atoms with Crippen molar-refractivity contribution in [3.63, 3.8) is 0 Å². The number of carboxylic acids is 1. The van der Waals surface area contributed by atoms with Crippen molar-refractivity contribution in [1.29, 1.82) is 0 Å². The van der Waals surface area contributed by atoms with Crippen molar-refractivity contribution in [3.8, 4) is 11.5 Å². The van der Waals surface area contributed by atoms with Crippen LogP contribution in [0.4, 0.5) is 0 Å². The summed E-state index contributed by atoms with van der Waals surface area (Å²) in [6.07, 6.45) is 24.6. The van der Waals surface area contributed by atoms with Crippen molar-refractivity contribution in [2.75, 3.05) is 11.5 Å². The lowest BCUT2D eigenvalue weighted by Gasteiger charge is -2.29. The number of hydrogen-bond acceptors (Lipinski definition) is 4. The number of thioether (sulfide) groups is 1. The maximum absolute atomic E-state index is 11.2. The zero-order valence-electron chi connectivity index (χ0n) is 35.4. The summed E-state index contributed by atoms with van der Waals surface area (Å²) in [5.41, 5.74) is 5.77. The first-order valence-corrected chi connectivity index (χ1v) is 22.2. The zero-order chi connectivity index (χ0) is 39.2. The fourth-order valence-corrected chi connectivity index (χ4v) is 8.00. The molecule has 0 atom stereocenters. The second-order valence-electron chi connectivity index (χ2n) is 17.4. The van der Waals surface area contributed by atoms with Gasteiger partial charge in [-0.05, 0) is 54.4 Å². The summed E-state index contributed by atoms with van der Waals surface area (Å²) >= 11 is 1.79. The predicted octanol–water partition coefficient (Wildman–Crippen LogP) is 14.7. The molecule has 5 heteroatoms. The highest BCUT2D eigenvalue weighted by molar-refractivity contribution is 7.99. The minimum absolute atomic E-state index is 0.0352. The van der Waals surface area contributed by atoms with Crippen molar-refractivity contribution < 1.29 is 20.1 Å². The molecule has 0 saturated heterocycles. The Hall–Kier alpha value is -2.14. The molecule has 0 amide bonds.